The Balaban J connectivity index is 0.00000139. The van der Waals surface area contributed by atoms with E-state index in [1.54, 1.807) is 11.8 Å². The van der Waals surface area contributed by atoms with E-state index in [0.717, 1.165) is 29.7 Å². The second-order valence-electron chi connectivity index (χ2n) is 4.73. The summed E-state index contributed by atoms with van der Waals surface area (Å²) in [4.78, 5) is 5.75. The van der Waals surface area contributed by atoms with Crippen molar-refractivity contribution in [3.8, 4) is 0 Å². The van der Waals surface area contributed by atoms with Crippen molar-refractivity contribution in [3.05, 3.63) is 59.3 Å². The van der Waals surface area contributed by atoms with Gasteiger partial charge < -0.3 is 0 Å². The third-order valence-corrected chi connectivity index (χ3v) is 5.01. The van der Waals surface area contributed by atoms with E-state index >= 15 is 0 Å². The van der Waals surface area contributed by atoms with Crippen LogP contribution in [0, 0.1) is 0 Å². The summed E-state index contributed by atoms with van der Waals surface area (Å²) in [6, 6.07) is 4.11. The molecular weight excluding hydrogens is 382 g/mol. The van der Waals surface area contributed by atoms with Gasteiger partial charge in [0, 0.05) is 24.1 Å². The van der Waals surface area contributed by atoms with Crippen molar-refractivity contribution in [2.45, 2.75) is 33.6 Å². The Morgan fingerprint density at radius 3 is 2.75 bits per heavy atom. The molecule has 2 heterocycles. The topological polar surface area (TPSA) is 28.5 Å². The molecule has 1 aliphatic heterocycles. The molecule has 5 heteroatoms. The molecule has 1 aliphatic rings. The molecule has 0 aromatic carbocycles. The Kier molecular flexibility index (Phi) is 10.4. The summed E-state index contributed by atoms with van der Waals surface area (Å²) in [5, 5.41) is 7.33. The number of thioether (sulfide) groups is 1. The molecule has 0 unspecified atom stereocenters. The number of aromatic nitrogens is 1. The zero-order chi connectivity index (χ0) is 17.8. The fourth-order valence-corrected chi connectivity index (χ4v) is 3.11. The molecule has 0 fully saturated rings. The van der Waals surface area contributed by atoms with Gasteiger partial charge in [0.25, 0.3) is 0 Å². The maximum absolute atomic E-state index is 4.62. The lowest BCUT2D eigenvalue weighted by molar-refractivity contribution is 0.987. The lowest BCUT2D eigenvalue weighted by Crippen LogP contribution is -2.15. The van der Waals surface area contributed by atoms with Crippen LogP contribution in [0.5, 0.6) is 0 Å². The number of aryl methyl sites for hydroxylation is 1. The first-order valence-electron chi connectivity index (χ1n) is 8.22. The van der Waals surface area contributed by atoms with Gasteiger partial charge in [-0.25, -0.2) is 9.99 Å². The number of rotatable bonds is 6. The van der Waals surface area contributed by atoms with E-state index in [4.69, 9.17) is 0 Å². The molecule has 0 saturated heterocycles. The van der Waals surface area contributed by atoms with Gasteiger partial charge in [0.15, 0.2) is 5.82 Å². The lowest BCUT2D eigenvalue weighted by Gasteiger charge is -2.18. The quantitative estimate of drug-likeness (QED) is 0.430. The van der Waals surface area contributed by atoms with E-state index in [0.29, 0.717) is 0 Å². The van der Waals surface area contributed by atoms with Crippen molar-refractivity contribution >= 4 is 39.2 Å². The van der Waals surface area contributed by atoms with Gasteiger partial charge in [-0.15, -0.1) is 11.8 Å². The summed E-state index contributed by atoms with van der Waals surface area (Å²) < 4.78 is 0. The van der Waals surface area contributed by atoms with Crippen LogP contribution in [0.25, 0.3) is 0 Å². The van der Waals surface area contributed by atoms with Crippen molar-refractivity contribution in [1.29, 1.82) is 0 Å². The summed E-state index contributed by atoms with van der Waals surface area (Å²) in [5.74, 6) is 0.847. The highest BCUT2D eigenvalue weighted by Crippen LogP contribution is 2.17. The third-order valence-electron chi connectivity index (χ3n) is 3.23. The summed E-state index contributed by atoms with van der Waals surface area (Å²) >= 11 is 5.22. The molecule has 0 saturated carbocycles. The van der Waals surface area contributed by atoms with Gasteiger partial charge in [-0.1, -0.05) is 61.0 Å². The van der Waals surface area contributed by atoms with Crippen LogP contribution in [0.2, 0.25) is 0 Å². The summed E-state index contributed by atoms with van der Waals surface area (Å²) in [6.45, 7) is 6.13. The van der Waals surface area contributed by atoms with Crippen LogP contribution in [0.1, 0.15) is 32.8 Å². The van der Waals surface area contributed by atoms with Crippen molar-refractivity contribution in [2.24, 2.45) is 5.10 Å². The summed E-state index contributed by atoms with van der Waals surface area (Å²) in [5.41, 5.74) is 2.26. The zero-order valence-corrected chi connectivity index (χ0v) is 17.3. The molecule has 1 aromatic heterocycles. The second kappa shape index (κ2) is 12.1. The van der Waals surface area contributed by atoms with Crippen LogP contribution in [0.4, 0.5) is 5.82 Å². The average molecular weight is 408 g/mol. The summed E-state index contributed by atoms with van der Waals surface area (Å²) in [6.07, 6.45) is 16.1. The molecule has 130 valence electrons. The van der Waals surface area contributed by atoms with Crippen LogP contribution in [-0.2, 0) is 6.42 Å². The van der Waals surface area contributed by atoms with Gasteiger partial charge in [0.05, 0.1) is 5.71 Å². The SMILES string of the molecule is CC.CCc1ccc(N2C=CCC(/C=C/C=C(/CBr)SC)=N2)nc1. The number of hydrogen-bond donors (Lipinski definition) is 0. The minimum absolute atomic E-state index is 0.844. The fourth-order valence-electron chi connectivity index (χ4n) is 1.91. The lowest BCUT2D eigenvalue weighted by atomic mass is 10.2. The monoisotopic (exact) mass is 407 g/mol. The van der Waals surface area contributed by atoms with Crippen molar-refractivity contribution < 1.29 is 0 Å². The zero-order valence-electron chi connectivity index (χ0n) is 14.9. The largest absolute Gasteiger partial charge is 0.237 e. The fraction of sp³-hybridized carbons (Fsp3) is 0.368. The van der Waals surface area contributed by atoms with Crippen molar-refractivity contribution in [2.75, 3.05) is 16.6 Å². The average Bonchev–Trinajstić information content (AvgIpc) is 2.67. The highest BCUT2D eigenvalue weighted by atomic mass is 79.9. The number of allylic oxidation sites excluding steroid dienone is 5. The van der Waals surface area contributed by atoms with E-state index in [2.05, 4.69) is 69.6 Å². The van der Waals surface area contributed by atoms with Crippen LogP contribution >= 0.6 is 27.7 Å². The number of anilines is 1. The van der Waals surface area contributed by atoms with Crippen LogP contribution in [-0.4, -0.2) is 22.3 Å². The molecule has 3 nitrogen and oxygen atoms in total. The Morgan fingerprint density at radius 2 is 2.17 bits per heavy atom. The number of nitrogens with zero attached hydrogens (tertiary/aromatic N) is 3. The number of pyridine rings is 1. The molecule has 0 atom stereocenters. The van der Waals surface area contributed by atoms with Crippen molar-refractivity contribution in [1.82, 2.24) is 4.98 Å². The van der Waals surface area contributed by atoms with Crippen LogP contribution < -0.4 is 5.01 Å². The first kappa shape index (κ1) is 20.7. The Hall–Kier alpha value is -1.33. The Bertz CT molecular complexity index is 598. The minimum atomic E-state index is 0.844. The molecular formula is C19H26BrN3S. The Morgan fingerprint density at radius 1 is 1.38 bits per heavy atom. The number of alkyl halides is 1. The summed E-state index contributed by atoms with van der Waals surface area (Å²) in [7, 11) is 0. The van der Waals surface area contributed by atoms with Gasteiger partial charge in [-0.2, -0.15) is 5.10 Å². The molecule has 24 heavy (non-hydrogen) atoms. The Labute approximate surface area is 158 Å². The van der Waals surface area contributed by atoms with Crippen molar-refractivity contribution in [3.63, 3.8) is 0 Å². The van der Waals surface area contributed by atoms with Crippen LogP contribution in [0.3, 0.4) is 0 Å². The predicted molar refractivity (Wildman–Crippen MR) is 113 cm³/mol. The van der Waals surface area contributed by atoms with Gasteiger partial charge in [-0.3, -0.25) is 0 Å². The van der Waals surface area contributed by atoms with E-state index in [1.165, 1.54) is 10.5 Å². The molecule has 0 N–H and O–H groups in total. The van der Waals surface area contributed by atoms with E-state index in [1.807, 2.05) is 37.3 Å². The second-order valence-corrected chi connectivity index (χ2v) is 6.23. The van der Waals surface area contributed by atoms with Gasteiger partial charge in [0.2, 0.25) is 0 Å². The van der Waals surface area contributed by atoms with Gasteiger partial charge in [-0.05, 0) is 35.3 Å². The van der Waals surface area contributed by atoms with E-state index in [-0.39, 0.29) is 0 Å². The number of halogens is 1. The van der Waals surface area contributed by atoms with Crippen LogP contribution in [0.15, 0.2) is 58.8 Å². The first-order valence-corrected chi connectivity index (χ1v) is 10.6. The minimum Gasteiger partial charge on any atom is -0.237 e. The van der Waals surface area contributed by atoms with E-state index in [9.17, 15) is 0 Å². The molecule has 0 bridgehead atoms. The molecule has 1 aromatic rings. The smallest absolute Gasteiger partial charge is 0.153 e. The van der Waals surface area contributed by atoms with Gasteiger partial charge >= 0.3 is 0 Å². The maximum atomic E-state index is 4.62. The molecule has 0 amide bonds. The molecule has 0 radical (unpaired) electrons. The third kappa shape index (κ3) is 6.65. The highest BCUT2D eigenvalue weighted by molar-refractivity contribution is 9.09. The molecule has 2 rings (SSSR count). The van der Waals surface area contributed by atoms with Gasteiger partial charge in [0.1, 0.15) is 0 Å². The normalized spacial score (nSPS) is 14.5. The molecule has 0 aliphatic carbocycles. The highest BCUT2D eigenvalue weighted by Gasteiger charge is 2.08. The first-order chi connectivity index (χ1) is 11.8. The molecule has 0 spiro atoms. The maximum Gasteiger partial charge on any atom is 0.153 e. The number of hydrogen-bond acceptors (Lipinski definition) is 4. The standard InChI is InChI=1S/C17H20BrN3S.C2H6/c1-3-14-9-10-17(19-13-14)21-11-5-7-15(20-21)6-4-8-16(12-18)22-2;1-2/h4-6,8-11,13H,3,7,12H2,1-2H3;1-2H3/b6-4+,16-8-;. The van der Waals surface area contributed by atoms with E-state index < -0.39 is 0 Å². The predicted octanol–water partition coefficient (Wildman–Crippen LogP) is 5.95. The number of hydrazone groups is 1.